The molecule has 0 radical (unpaired) electrons. The minimum absolute atomic E-state index is 0.0412. The van der Waals surface area contributed by atoms with E-state index >= 15 is 0 Å². The van der Waals surface area contributed by atoms with Gasteiger partial charge in [0, 0.05) is 13.1 Å². The van der Waals surface area contributed by atoms with Gasteiger partial charge in [-0.25, -0.2) is 0 Å². The number of ether oxygens (including phenoxy) is 1. The molecule has 1 fully saturated rings. The van der Waals surface area contributed by atoms with Crippen molar-refractivity contribution in [2.24, 2.45) is 5.73 Å². The first-order chi connectivity index (χ1) is 7.80. The van der Waals surface area contributed by atoms with Crippen molar-refractivity contribution < 1.29 is 14.3 Å². The van der Waals surface area contributed by atoms with E-state index in [1.54, 1.807) is 4.90 Å². The van der Waals surface area contributed by atoms with Gasteiger partial charge in [-0.15, -0.1) is 11.8 Å². The van der Waals surface area contributed by atoms with Crippen LogP contribution in [-0.2, 0) is 14.3 Å². The lowest BCUT2D eigenvalue weighted by molar-refractivity contribution is -0.155. The zero-order chi connectivity index (χ0) is 13.1. The first-order valence-corrected chi connectivity index (χ1v) is 6.77. The summed E-state index contributed by atoms with van der Waals surface area (Å²) < 4.78 is 5.72. The highest BCUT2D eigenvalue weighted by atomic mass is 32.2. The van der Waals surface area contributed by atoms with Gasteiger partial charge in [-0.1, -0.05) is 0 Å². The molecule has 1 aliphatic heterocycles. The van der Waals surface area contributed by atoms with Gasteiger partial charge in [0.25, 0.3) is 0 Å². The van der Waals surface area contributed by atoms with Crippen LogP contribution in [0.5, 0.6) is 0 Å². The Kier molecular flexibility index (Phi) is 4.82. The number of nitrogens with two attached hydrogens (primary N) is 1. The Hall–Kier alpha value is -0.750. The van der Waals surface area contributed by atoms with E-state index < -0.39 is 5.91 Å². The first kappa shape index (κ1) is 14.3. The van der Waals surface area contributed by atoms with Gasteiger partial charge in [0.15, 0.2) is 0 Å². The summed E-state index contributed by atoms with van der Waals surface area (Å²) in [6, 6.07) is 0. The highest BCUT2D eigenvalue weighted by Crippen LogP contribution is 2.21. The summed E-state index contributed by atoms with van der Waals surface area (Å²) in [5.41, 5.74) is 4.71. The number of carbonyl (C=O) groups is 2. The summed E-state index contributed by atoms with van der Waals surface area (Å²) in [4.78, 5) is 24.3. The van der Waals surface area contributed by atoms with Crippen molar-refractivity contribution in [3.8, 4) is 0 Å². The summed E-state index contributed by atoms with van der Waals surface area (Å²) in [7, 11) is 0. The second-order valence-corrected chi connectivity index (χ2v) is 5.91. The molecular weight excluding hydrogens is 240 g/mol. The fourth-order valence-corrected chi connectivity index (χ4v) is 2.63. The van der Waals surface area contributed by atoms with Crippen molar-refractivity contribution in [2.75, 3.05) is 24.6 Å². The Balaban J connectivity index is 2.43. The van der Waals surface area contributed by atoms with Crippen LogP contribution < -0.4 is 5.73 Å². The van der Waals surface area contributed by atoms with Crippen LogP contribution in [-0.4, -0.2) is 53.0 Å². The Morgan fingerprint density at radius 2 is 2.12 bits per heavy atom. The van der Waals surface area contributed by atoms with Gasteiger partial charge in [-0.3, -0.25) is 9.59 Å². The third-order valence-corrected chi connectivity index (χ3v) is 3.33. The second-order valence-electron chi connectivity index (χ2n) is 4.92. The van der Waals surface area contributed by atoms with Crippen LogP contribution >= 0.6 is 11.8 Å². The molecule has 0 aromatic heterocycles. The SMILES string of the molecule is CC1CN(C(=O)CSCC(N)=O)CC(C)(C)O1. The van der Waals surface area contributed by atoms with Gasteiger partial charge in [-0.05, 0) is 20.8 Å². The molecule has 0 spiro atoms. The molecule has 98 valence electrons. The van der Waals surface area contributed by atoms with E-state index in [4.69, 9.17) is 10.5 Å². The molecular formula is C11H20N2O3S. The molecule has 1 saturated heterocycles. The average Bonchev–Trinajstić information content (AvgIpc) is 2.13. The molecule has 1 heterocycles. The minimum atomic E-state index is -0.390. The maximum atomic E-state index is 11.9. The Morgan fingerprint density at radius 1 is 1.47 bits per heavy atom. The number of carbonyl (C=O) groups excluding carboxylic acids is 2. The number of hydrogen-bond acceptors (Lipinski definition) is 4. The molecule has 0 bridgehead atoms. The average molecular weight is 260 g/mol. The van der Waals surface area contributed by atoms with Gasteiger partial charge < -0.3 is 15.4 Å². The number of nitrogens with zero attached hydrogens (tertiary/aromatic N) is 1. The molecule has 5 nitrogen and oxygen atoms in total. The highest BCUT2D eigenvalue weighted by molar-refractivity contribution is 8.00. The summed E-state index contributed by atoms with van der Waals surface area (Å²) in [5, 5.41) is 0. The van der Waals surface area contributed by atoms with E-state index in [2.05, 4.69) is 0 Å². The van der Waals surface area contributed by atoms with E-state index in [1.807, 2.05) is 20.8 Å². The minimum Gasteiger partial charge on any atom is -0.369 e. The zero-order valence-electron chi connectivity index (χ0n) is 10.6. The van der Waals surface area contributed by atoms with E-state index in [9.17, 15) is 9.59 Å². The summed E-state index contributed by atoms with van der Waals surface area (Å²) in [6.07, 6.45) is 0.0452. The zero-order valence-corrected chi connectivity index (χ0v) is 11.4. The van der Waals surface area contributed by atoms with Crippen LogP contribution in [0.3, 0.4) is 0 Å². The highest BCUT2D eigenvalue weighted by Gasteiger charge is 2.33. The lowest BCUT2D eigenvalue weighted by Gasteiger charge is -2.41. The van der Waals surface area contributed by atoms with Gasteiger partial charge in [-0.2, -0.15) is 0 Å². The van der Waals surface area contributed by atoms with E-state index in [-0.39, 0.29) is 23.4 Å². The fraction of sp³-hybridized carbons (Fsp3) is 0.818. The van der Waals surface area contributed by atoms with Crippen molar-refractivity contribution in [3.05, 3.63) is 0 Å². The number of amides is 2. The van der Waals surface area contributed by atoms with Crippen LogP contribution in [0.25, 0.3) is 0 Å². The monoisotopic (exact) mass is 260 g/mol. The first-order valence-electron chi connectivity index (χ1n) is 5.62. The van der Waals surface area contributed by atoms with Gasteiger partial charge >= 0.3 is 0 Å². The normalized spacial score (nSPS) is 23.5. The van der Waals surface area contributed by atoms with E-state index in [0.29, 0.717) is 18.8 Å². The topological polar surface area (TPSA) is 72.6 Å². The predicted molar refractivity (Wildman–Crippen MR) is 67.7 cm³/mol. The summed E-state index contributed by atoms with van der Waals surface area (Å²) >= 11 is 1.26. The van der Waals surface area contributed by atoms with Gasteiger partial charge in [0.1, 0.15) is 0 Å². The fourth-order valence-electron chi connectivity index (χ4n) is 1.97. The third kappa shape index (κ3) is 4.95. The van der Waals surface area contributed by atoms with Crippen LogP contribution in [0.15, 0.2) is 0 Å². The molecule has 0 saturated carbocycles. The molecule has 2 N–H and O–H groups in total. The largest absolute Gasteiger partial charge is 0.369 e. The maximum Gasteiger partial charge on any atom is 0.232 e. The van der Waals surface area contributed by atoms with Gasteiger partial charge in [0.05, 0.1) is 23.2 Å². The quantitative estimate of drug-likeness (QED) is 0.785. The van der Waals surface area contributed by atoms with Crippen LogP contribution in [0, 0.1) is 0 Å². The number of thioether (sulfide) groups is 1. The smallest absolute Gasteiger partial charge is 0.232 e. The second kappa shape index (κ2) is 5.73. The van der Waals surface area contributed by atoms with E-state index in [1.165, 1.54) is 11.8 Å². The Bertz CT molecular complexity index is 307. The molecule has 6 heteroatoms. The molecule has 0 aromatic carbocycles. The summed E-state index contributed by atoms with van der Waals surface area (Å²) in [6.45, 7) is 7.10. The number of morpholine rings is 1. The Morgan fingerprint density at radius 3 is 2.65 bits per heavy atom. The molecule has 0 aromatic rings. The molecule has 1 atom stereocenters. The van der Waals surface area contributed by atoms with Crippen LogP contribution in [0.1, 0.15) is 20.8 Å². The Labute approximate surface area is 106 Å². The molecule has 1 aliphatic rings. The summed E-state index contributed by atoms with van der Waals surface area (Å²) in [5.74, 6) is 0.138. The molecule has 0 aliphatic carbocycles. The molecule has 1 rings (SSSR count). The molecule has 2 amide bonds. The lowest BCUT2D eigenvalue weighted by Crippen LogP contribution is -2.54. The number of hydrogen-bond donors (Lipinski definition) is 1. The standard InChI is InChI=1S/C11H20N2O3S/c1-8-4-13(7-11(2,3)16-8)10(15)6-17-5-9(12)14/h8H,4-7H2,1-3H3,(H2,12,14). The van der Waals surface area contributed by atoms with Crippen molar-refractivity contribution >= 4 is 23.6 Å². The van der Waals surface area contributed by atoms with Crippen LogP contribution in [0.4, 0.5) is 0 Å². The predicted octanol–water partition coefficient (Wildman–Crippen LogP) is 0.231. The van der Waals surface area contributed by atoms with Crippen molar-refractivity contribution in [1.82, 2.24) is 4.90 Å². The van der Waals surface area contributed by atoms with Gasteiger partial charge in [0.2, 0.25) is 11.8 Å². The van der Waals surface area contributed by atoms with Crippen LogP contribution in [0.2, 0.25) is 0 Å². The number of primary amides is 1. The molecule has 1 unspecified atom stereocenters. The maximum absolute atomic E-state index is 11.9. The number of rotatable bonds is 4. The molecule has 17 heavy (non-hydrogen) atoms. The van der Waals surface area contributed by atoms with Crippen molar-refractivity contribution in [2.45, 2.75) is 32.5 Å². The lowest BCUT2D eigenvalue weighted by atomic mass is 10.1. The van der Waals surface area contributed by atoms with Crippen molar-refractivity contribution in [3.63, 3.8) is 0 Å². The van der Waals surface area contributed by atoms with Crippen molar-refractivity contribution in [1.29, 1.82) is 0 Å². The third-order valence-electron chi connectivity index (χ3n) is 2.39. The van der Waals surface area contributed by atoms with E-state index in [0.717, 1.165) is 0 Å².